The first-order valence-corrected chi connectivity index (χ1v) is 6.33. The highest BCUT2D eigenvalue weighted by Gasteiger charge is 2.11. The summed E-state index contributed by atoms with van der Waals surface area (Å²) in [6.45, 7) is 3.29. The molecule has 0 aliphatic carbocycles. The second-order valence-electron chi connectivity index (χ2n) is 3.12. The lowest BCUT2D eigenvalue weighted by Gasteiger charge is -2.05. The molecule has 0 aliphatic rings. The zero-order valence-electron chi connectivity index (χ0n) is 7.52. The van der Waals surface area contributed by atoms with E-state index in [-0.39, 0.29) is 5.69 Å². The van der Waals surface area contributed by atoms with Crippen LogP contribution in [0.15, 0.2) is 18.3 Å². The maximum atomic E-state index is 11.5. The third-order valence-corrected chi connectivity index (χ3v) is 3.13. The van der Waals surface area contributed by atoms with Crippen LogP contribution in [0.4, 0.5) is 0 Å². The smallest absolute Gasteiger partial charge is 0.267 e. The Kier molecular flexibility index (Phi) is 2.52. The molecule has 0 saturated heterocycles. The summed E-state index contributed by atoms with van der Waals surface area (Å²) in [5.41, 5.74) is 5.19. The van der Waals surface area contributed by atoms with Crippen LogP contribution in [0.1, 0.15) is 10.5 Å². The normalized spacial score (nSPS) is 11.2. The average molecular weight is 198 g/mol. The SMILES string of the molecule is CP(C)(=O)c1ccc(C(N)=O)nc1. The van der Waals surface area contributed by atoms with Crippen molar-refractivity contribution in [3.05, 3.63) is 24.0 Å². The van der Waals surface area contributed by atoms with Crippen LogP contribution in [0.2, 0.25) is 0 Å². The van der Waals surface area contributed by atoms with E-state index in [4.69, 9.17) is 5.73 Å². The number of hydrogen-bond acceptors (Lipinski definition) is 3. The monoisotopic (exact) mass is 198 g/mol. The maximum absolute atomic E-state index is 11.5. The number of carbonyl (C=O) groups excluding carboxylic acids is 1. The van der Waals surface area contributed by atoms with Gasteiger partial charge in [0.25, 0.3) is 5.91 Å². The van der Waals surface area contributed by atoms with Crippen molar-refractivity contribution in [2.24, 2.45) is 5.73 Å². The number of pyridine rings is 1. The van der Waals surface area contributed by atoms with Gasteiger partial charge >= 0.3 is 0 Å². The van der Waals surface area contributed by atoms with Crippen molar-refractivity contribution in [1.29, 1.82) is 0 Å². The Labute approximate surface area is 76.5 Å². The molecule has 0 radical (unpaired) electrons. The van der Waals surface area contributed by atoms with E-state index in [0.717, 1.165) is 0 Å². The van der Waals surface area contributed by atoms with Gasteiger partial charge in [-0.25, -0.2) is 0 Å². The van der Waals surface area contributed by atoms with Crippen LogP contribution in [-0.4, -0.2) is 24.2 Å². The summed E-state index contributed by atoms with van der Waals surface area (Å²) in [6.07, 6.45) is 1.43. The molecule has 1 aromatic rings. The molecule has 4 nitrogen and oxygen atoms in total. The number of rotatable bonds is 2. The van der Waals surface area contributed by atoms with Gasteiger partial charge < -0.3 is 10.3 Å². The molecule has 1 rings (SSSR count). The quantitative estimate of drug-likeness (QED) is 0.700. The van der Waals surface area contributed by atoms with Gasteiger partial charge in [-0.05, 0) is 25.5 Å². The largest absolute Gasteiger partial charge is 0.364 e. The molecule has 0 aromatic carbocycles. The number of hydrogen-bond donors (Lipinski definition) is 1. The number of primary amides is 1. The Morgan fingerprint density at radius 3 is 2.38 bits per heavy atom. The van der Waals surface area contributed by atoms with Gasteiger partial charge in [0.05, 0.1) is 0 Å². The third-order valence-electron chi connectivity index (χ3n) is 1.62. The standard InChI is InChI=1S/C8H11N2O2P/c1-13(2,12)6-3-4-7(8(9)11)10-5-6/h3-5H,1-2H3,(H2,9,11). The molecular formula is C8H11N2O2P. The van der Waals surface area contributed by atoms with E-state index in [9.17, 15) is 9.36 Å². The fourth-order valence-corrected chi connectivity index (χ4v) is 1.62. The van der Waals surface area contributed by atoms with Crippen molar-refractivity contribution in [2.75, 3.05) is 13.3 Å². The van der Waals surface area contributed by atoms with Crippen LogP contribution in [-0.2, 0) is 4.57 Å². The molecule has 1 heterocycles. The molecule has 1 aromatic heterocycles. The van der Waals surface area contributed by atoms with Gasteiger partial charge in [0.15, 0.2) is 0 Å². The van der Waals surface area contributed by atoms with Gasteiger partial charge in [0.2, 0.25) is 0 Å². The van der Waals surface area contributed by atoms with Crippen molar-refractivity contribution in [3.63, 3.8) is 0 Å². The molecule has 0 fully saturated rings. The Hall–Kier alpha value is -1.15. The number of aromatic nitrogens is 1. The van der Waals surface area contributed by atoms with Gasteiger partial charge in [-0.2, -0.15) is 0 Å². The molecule has 70 valence electrons. The van der Waals surface area contributed by atoms with E-state index in [1.54, 1.807) is 19.4 Å². The fourth-order valence-electron chi connectivity index (χ4n) is 0.850. The predicted molar refractivity (Wildman–Crippen MR) is 51.8 cm³/mol. The minimum atomic E-state index is -2.28. The summed E-state index contributed by atoms with van der Waals surface area (Å²) in [7, 11) is -2.28. The number of amides is 1. The van der Waals surface area contributed by atoms with Crippen molar-refractivity contribution < 1.29 is 9.36 Å². The molecule has 5 heteroatoms. The molecule has 13 heavy (non-hydrogen) atoms. The molecule has 0 spiro atoms. The van der Waals surface area contributed by atoms with Crippen molar-refractivity contribution in [1.82, 2.24) is 4.98 Å². The fraction of sp³-hybridized carbons (Fsp3) is 0.250. The van der Waals surface area contributed by atoms with Crippen LogP contribution < -0.4 is 11.0 Å². The van der Waals surface area contributed by atoms with Crippen LogP contribution in [0.5, 0.6) is 0 Å². The topological polar surface area (TPSA) is 73.1 Å². The Morgan fingerprint density at radius 1 is 1.46 bits per heavy atom. The lowest BCUT2D eigenvalue weighted by atomic mass is 10.3. The highest BCUT2D eigenvalue weighted by Crippen LogP contribution is 2.33. The minimum absolute atomic E-state index is 0.192. The van der Waals surface area contributed by atoms with E-state index in [1.165, 1.54) is 12.3 Å². The zero-order chi connectivity index (χ0) is 10.1. The summed E-state index contributed by atoms with van der Waals surface area (Å²) < 4.78 is 11.5. The van der Waals surface area contributed by atoms with E-state index in [0.29, 0.717) is 5.30 Å². The molecule has 0 bridgehead atoms. The van der Waals surface area contributed by atoms with Crippen molar-refractivity contribution in [2.45, 2.75) is 0 Å². The first kappa shape index (κ1) is 9.93. The second-order valence-corrected chi connectivity index (χ2v) is 6.33. The van der Waals surface area contributed by atoms with Crippen LogP contribution in [0.25, 0.3) is 0 Å². The first-order chi connectivity index (χ1) is 5.91. The zero-order valence-corrected chi connectivity index (χ0v) is 8.41. The highest BCUT2D eigenvalue weighted by atomic mass is 31.2. The molecule has 0 atom stereocenters. The highest BCUT2D eigenvalue weighted by molar-refractivity contribution is 7.70. The predicted octanol–water partition coefficient (Wildman–Crippen LogP) is 0.428. The molecule has 0 unspecified atom stereocenters. The van der Waals surface area contributed by atoms with Gasteiger partial charge in [-0.3, -0.25) is 9.78 Å². The average Bonchev–Trinajstić information content (AvgIpc) is 2.03. The molecule has 0 aliphatic heterocycles. The molecular weight excluding hydrogens is 187 g/mol. The van der Waals surface area contributed by atoms with Gasteiger partial charge in [-0.15, -0.1) is 0 Å². The van der Waals surface area contributed by atoms with E-state index in [1.807, 2.05) is 0 Å². The van der Waals surface area contributed by atoms with E-state index in [2.05, 4.69) is 4.98 Å². The van der Waals surface area contributed by atoms with Crippen LogP contribution in [0, 0.1) is 0 Å². The van der Waals surface area contributed by atoms with Gasteiger partial charge in [0.1, 0.15) is 12.8 Å². The number of carbonyl (C=O) groups is 1. The van der Waals surface area contributed by atoms with Crippen molar-refractivity contribution in [3.8, 4) is 0 Å². The molecule has 0 saturated carbocycles. The lowest BCUT2D eigenvalue weighted by molar-refractivity contribution is 0.0995. The third kappa shape index (κ3) is 2.39. The van der Waals surface area contributed by atoms with Crippen molar-refractivity contribution >= 4 is 18.4 Å². The van der Waals surface area contributed by atoms with E-state index >= 15 is 0 Å². The maximum Gasteiger partial charge on any atom is 0.267 e. The second kappa shape index (κ2) is 3.30. The summed E-state index contributed by atoms with van der Waals surface area (Å²) in [5.74, 6) is -0.575. The van der Waals surface area contributed by atoms with Gasteiger partial charge in [-0.1, -0.05) is 0 Å². The van der Waals surface area contributed by atoms with Crippen LogP contribution >= 0.6 is 7.14 Å². The molecule has 1 amide bonds. The Morgan fingerprint density at radius 2 is 2.08 bits per heavy atom. The van der Waals surface area contributed by atoms with E-state index < -0.39 is 13.0 Å². The first-order valence-electron chi connectivity index (χ1n) is 3.72. The van der Waals surface area contributed by atoms with Gasteiger partial charge in [0, 0.05) is 11.5 Å². The summed E-state index contributed by atoms with van der Waals surface area (Å²) in [4.78, 5) is 14.5. The summed E-state index contributed by atoms with van der Waals surface area (Å²) >= 11 is 0. The lowest BCUT2D eigenvalue weighted by Crippen LogP contribution is -2.15. The van der Waals surface area contributed by atoms with Crippen LogP contribution in [0.3, 0.4) is 0 Å². The minimum Gasteiger partial charge on any atom is -0.364 e. The molecule has 2 N–H and O–H groups in total. The summed E-state index contributed by atoms with van der Waals surface area (Å²) in [5, 5.41) is 0.650. The number of nitrogens with zero attached hydrogens (tertiary/aromatic N) is 1. The Bertz CT molecular complexity index is 366. The Balaban J connectivity index is 3.08. The summed E-state index contributed by atoms with van der Waals surface area (Å²) in [6, 6.07) is 3.10. The number of nitrogens with two attached hydrogens (primary N) is 1.